The molecule has 1 aliphatic carbocycles. The molecular weight excluding hydrogens is 346 g/mol. The number of aryl methyl sites for hydroxylation is 1. The van der Waals surface area contributed by atoms with Crippen LogP contribution in [-0.4, -0.2) is 56.2 Å². The van der Waals surface area contributed by atoms with Gasteiger partial charge in [0.2, 0.25) is 5.91 Å². The largest absolute Gasteiger partial charge is 0.342 e. The van der Waals surface area contributed by atoms with E-state index in [2.05, 4.69) is 26.2 Å². The maximum atomic E-state index is 12.4. The van der Waals surface area contributed by atoms with E-state index >= 15 is 0 Å². The van der Waals surface area contributed by atoms with E-state index in [0.29, 0.717) is 18.8 Å². The van der Waals surface area contributed by atoms with E-state index in [1.165, 1.54) is 11.0 Å². The van der Waals surface area contributed by atoms with Crippen molar-refractivity contribution in [3.05, 3.63) is 30.1 Å². The van der Waals surface area contributed by atoms with Crippen molar-refractivity contribution >= 4 is 17.6 Å². The fraction of sp³-hybridized carbons (Fsp3) is 0.500. The Hall–Kier alpha value is -2.97. The van der Waals surface area contributed by atoms with E-state index in [4.69, 9.17) is 0 Å². The van der Waals surface area contributed by atoms with Gasteiger partial charge in [-0.3, -0.25) is 4.79 Å². The Kier molecular flexibility index (Phi) is 4.74. The number of hydrogen-bond acceptors (Lipinski definition) is 5. The SMILES string of the molecule is Cc1ccc(-n2cnnn2)cc1NC(=O)NC1CCN(C(=O)C2CC2)CC1. The molecule has 9 nitrogen and oxygen atoms in total. The average Bonchev–Trinajstić information content (AvgIpc) is 3.38. The standard InChI is InChI=1S/C18H23N7O2/c1-12-2-5-15(25-11-19-22-23-25)10-16(12)21-18(27)20-14-6-8-24(9-7-14)17(26)13-3-4-13/h2,5,10-11,13-14H,3-4,6-9H2,1H3,(H2,20,21,27). The van der Waals surface area contributed by atoms with Crippen molar-refractivity contribution < 1.29 is 9.59 Å². The minimum Gasteiger partial charge on any atom is -0.342 e. The highest BCUT2D eigenvalue weighted by atomic mass is 16.2. The number of rotatable bonds is 4. The summed E-state index contributed by atoms with van der Waals surface area (Å²) in [5.41, 5.74) is 2.43. The number of carbonyl (C=O) groups excluding carboxylic acids is 2. The first-order valence-corrected chi connectivity index (χ1v) is 9.30. The van der Waals surface area contributed by atoms with Crippen LogP contribution in [0.15, 0.2) is 24.5 Å². The van der Waals surface area contributed by atoms with Gasteiger partial charge < -0.3 is 15.5 Å². The molecule has 4 rings (SSSR count). The van der Waals surface area contributed by atoms with Gasteiger partial charge in [-0.25, -0.2) is 9.48 Å². The summed E-state index contributed by atoms with van der Waals surface area (Å²) in [6, 6.07) is 5.48. The second kappa shape index (κ2) is 7.34. The van der Waals surface area contributed by atoms with Crippen LogP contribution in [0.1, 0.15) is 31.2 Å². The molecule has 2 heterocycles. The van der Waals surface area contributed by atoms with Gasteiger partial charge >= 0.3 is 6.03 Å². The summed E-state index contributed by atoms with van der Waals surface area (Å²) in [5, 5.41) is 17.0. The Labute approximate surface area is 157 Å². The third-order valence-electron chi connectivity index (χ3n) is 5.15. The molecule has 1 saturated heterocycles. The zero-order valence-corrected chi connectivity index (χ0v) is 15.3. The van der Waals surface area contributed by atoms with E-state index < -0.39 is 0 Å². The second-order valence-corrected chi connectivity index (χ2v) is 7.23. The van der Waals surface area contributed by atoms with Crippen LogP contribution >= 0.6 is 0 Å². The zero-order valence-electron chi connectivity index (χ0n) is 15.3. The molecule has 9 heteroatoms. The molecule has 1 aliphatic heterocycles. The highest BCUT2D eigenvalue weighted by Crippen LogP contribution is 2.31. The van der Waals surface area contributed by atoms with Crippen molar-refractivity contribution in [3.63, 3.8) is 0 Å². The van der Waals surface area contributed by atoms with E-state index in [-0.39, 0.29) is 23.9 Å². The van der Waals surface area contributed by atoms with Gasteiger partial charge in [-0.1, -0.05) is 6.07 Å². The third-order valence-corrected chi connectivity index (χ3v) is 5.15. The maximum absolute atomic E-state index is 12.4. The van der Waals surface area contributed by atoms with Crippen molar-refractivity contribution in [2.24, 2.45) is 5.92 Å². The van der Waals surface area contributed by atoms with E-state index in [1.807, 2.05) is 30.0 Å². The monoisotopic (exact) mass is 369 g/mol. The number of likely N-dealkylation sites (tertiary alicyclic amines) is 1. The summed E-state index contributed by atoms with van der Waals surface area (Å²) in [4.78, 5) is 26.5. The highest BCUT2D eigenvalue weighted by Gasteiger charge is 2.35. The summed E-state index contributed by atoms with van der Waals surface area (Å²) in [7, 11) is 0. The van der Waals surface area contributed by atoms with Gasteiger partial charge in [-0.15, -0.1) is 5.10 Å². The highest BCUT2D eigenvalue weighted by molar-refractivity contribution is 5.90. The average molecular weight is 369 g/mol. The number of benzene rings is 1. The number of urea groups is 1. The van der Waals surface area contributed by atoms with Crippen molar-refractivity contribution in [2.75, 3.05) is 18.4 Å². The number of anilines is 1. The summed E-state index contributed by atoms with van der Waals surface area (Å²) < 4.78 is 1.54. The fourth-order valence-corrected chi connectivity index (χ4v) is 3.34. The van der Waals surface area contributed by atoms with Gasteiger partial charge in [0.1, 0.15) is 6.33 Å². The van der Waals surface area contributed by atoms with Crippen LogP contribution in [0.3, 0.4) is 0 Å². The van der Waals surface area contributed by atoms with Gasteiger partial charge in [-0.05, 0) is 60.7 Å². The molecule has 0 spiro atoms. The topological polar surface area (TPSA) is 105 Å². The van der Waals surface area contributed by atoms with Crippen molar-refractivity contribution in [3.8, 4) is 5.69 Å². The summed E-state index contributed by atoms with van der Waals surface area (Å²) in [5.74, 6) is 0.543. The molecule has 2 aromatic rings. The Morgan fingerprint density at radius 2 is 1.93 bits per heavy atom. The molecule has 3 amide bonds. The van der Waals surface area contributed by atoms with Crippen LogP contribution in [0.4, 0.5) is 10.5 Å². The molecule has 0 radical (unpaired) electrons. The molecule has 0 unspecified atom stereocenters. The molecule has 1 saturated carbocycles. The molecule has 1 aromatic heterocycles. The quantitative estimate of drug-likeness (QED) is 0.850. The van der Waals surface area contributed by atoms with Gasteiger partial charge in [-0.2, -0.15) is 0 Å². The minimum absolute atomic E-state index is 0.0799. The van der Waals surface area contributed by atoms with E-state index in [1.54, 1.807) is 0 Å². The van der Waals surface area contributed by atoms with Crippen molar-refractivity contribution in [2.45, 2.75) is 38.6 Å². The number of aromatic nitrogens is 4. The van der Waals surface area contributed by atoms with Crippen LogP contribution in [0.5, 0.6) is 0 Å². The lowest BCUT2D eigenvalue weighted by Gasteiger charge is -2.32. The first-order valence-electron chi connectivity index (χ1n) is 9.30. The lowest BCUT2D eigenvalue weighted by atomic mass is 10.0. The first-order chi connectivity index (χ1) is 13.1. The van der Waals surface area contributed by atoms with Crippen LogP contribution in [-0.2, 0) is 4.79 Å². The number of nitrogens with one attached hydrogen (secondary N) is 2. The smallest absolute Gasteiger partial charge is 0.319 e. The number of nitrogens with zero attached hydrogens (tertiary/aromatic N) is 5. The van der Waals surface area contributed by atoms with E-state index in [9.17, 15) is 9.59 Å². The van der Waals surface area contributed by atoms with Crippen molar-refractivity contribution in [1.82, 2.24) is 30.4 Å². The molecule has 2 N–H and O–H groups in total. The normalized spacial score (nSPS) is 17.6. The summed E-state index contributed by atoms with van der Waals surface area (Å²) in [6.07, 6.45) is 5.14. The molecule has 2 aliphatic rings. The first kappa shape index (κ1) is 17.4. The zero-order chi connectivity index (χ0) is 18.8. The maximum Gasteiger partial charge on any atom is 0.319 e. The van der Waals surface area contributed by atoms with Crippen LogP contribution < -0.4 is 10.6 Å². The van der Waals surface area contributed by atoms with Gasteiger partial charge in [0.15, 0.2) is 0 Å². The summed E-state index contributed by atoms with van der Waals surface area (Å²) in [6.45, 7) is 3.36. The van der Waals surface area contributed by atoms with Crippen LogP contribution in [0, 0.1) is 12.8 Å². The van der Waals surface area contributed by atoms with Gasteiger partial charge in [0, 0.05) is 30.7 Å². The lowest BCUT2D eigenvalue weighted by molar-refractivity contribution is -0.133. The lowest BCUT2D eigenvalue weighted by Crippen LogP contribution is -2.48. The number of carbonyl (C=O) groups is 2. The minimum atomic E-state index is -0.237. The number of piperidine rings is 1. The molecule has 142 valence electrons. The summed E-state index contributed by atoms with van der Waals surface area (Å²) >= 11 is 0. The Bertz CT molecular complexity index is 824. The fourth-order valence-electron chi connectivity index (χ4n) is 3.34. The molecule has 2 fully saturated rings. The molecule has 0 bridgehead atoms. The van der Waals surface area contributed by atoms with Gasteiger partial charge in [0.05, 0.1) is 5.69 Å². The van der Waals surface area contributed by atoms with Crippen LogP contribution in [0.25, 0.3) is 5.69 Å². The number of tetrazole rings is 1. The molecule has 1 aromatic carbocycles. The van der Waals surface area contributed by atoms with E-state index in [0.717, 1.165) is 36.9 Å². The predicted molar refractivity (Wildman–Crippen MR) is 98.4 cm³/mol. The van der Waals surface area contributed by atoms with Crippen LogP contribution in [0.2, 0.25) is 0 Å². The Morgan fingerprint density at radius 1 is 1.15 bits per heavy atom. The Balaban J connectivity index is 1.32. The number of amides is 3. The predicted octanol–water partition coefficient (Wildman–Crippen LogP) is 1.49. The van der Waals surface area contributed by atoms with Crippen molar-refractivity contribution in [1.29, 1.82) is 0 Å². The van der Waals surface area contributed by atoms with Gasteiger partial charge in [0.25, 0.3) is 0 Å². The Morgan fingerprint density at radius 3 is 2.59 bits per heavy atom. The molecule has 27 heavy (non-hydrogen) atoms. The third kappa shape index (κ3) is 4.07. The molecular formula is C18H23N7O2. The second-order valence-electron chi connectivity index (χ2n) is 7.23. The number of hydrogen-bond donors (Lipinski definition) is 2. The molecule has 0 atom stereocenters.